The van der Waals surface area contributed by atoms with E-state index in [1.165, 1.54) is 16.6 Å². The van der Waals surface area contributed by atoms with Crippen LogP contribution in [0.4, 0.5) is 0 Å². The Hall–Kier alpha value is -1.78. The maximum Gasteiger partial charge on any atom is 0.120 e. The smallest absolute Gasteiger partial charge is 0.120 e. The van der Waals surface area contributed by atoms with Gasteiger partial charge in [0.25, 0.3) is 0 Å². The summed E-state index contributed by atoms with van der Waals surface area (Å²) in [6.45, 7) is 2.96. The second kappa shape index (κ2) is 5.14. The molecule has 0 fully saturated rings. The number of phenols is 1. The van der Waals surface area contributed by atoms with E-state index in [2.05, 4.69) is 57.4 Å². The molecule has 112 valence electrons. The Morgan fingerprint density at radius 3 is 2.91 bits per heavy atom. The fraction of sp³-hybridized carbons (Fsp3) is 0.222. The molecule has 3 N–H and O–H groups in total. The largest absolute Gasteiger partial charge is 0.508 e. The molecule has 2 heterocycles. The number of halogens is 1. The number of fused-ring (bicyclic) bond motifs is 3. The molecular weight excluding hydrogens is 340 g/mol. The van der Waals surface area contributed by atoms with Crippen LogP contribution in [0.3, 0.4) is 0 Å². The van der Waals surface area contributed by atoms with Gasteiger partial charge in [0.2, 0.25) is 0 Å². The number of phenolic OH excluding ortho intramolecular Hbond substituents is 1. The van der Waals surface area contributed by atoms with Gasteiger partial charge in [0.15, 0.2) is 0 Å². The van der Waals surface area contributed by atoms with Crippen molar-refractivity contribution >= 4 is 26.8 Å². The van der Waals surface area contributed by atoms with Crippen molar-refractivity contribution in [3.8, 4) is 5.75 Å². The third-order valence-electron chi connectivity index (χ3n) is 4.41. The molecule has 0 aliphatic carbocycles. The lowest BCUT2D eigenvalue weighted by molar-refractivity contribution is 0.452. The summed E-state index contributed by atoms with van der Waals surface area (Å²) < 4.78 is 1.09. The molecule has 0 amide bonds. The number of aromatic nitrogens is 1. The van der Waals surface area contributed by atoms with Crippen LogP contribution in [0.1, 0.15) is 28.4 Å². The minimum Gasteiger partial charge on any atom is -0.508 e. The zero-order chi connectivity index (χ0) is 15.3. The molecule has 1 aliphatic rings. The van der Waals surface area contributed by atoms with Crippen molar-refractivity contribution in [3.63, 3.8) is 0 Å². The summed E-state index contributed by atoms with van der Waals surface area (Å²) in [6, 6.07) is 12.1. The van der Waals surface area contributed by atoms with Crippen molar-refractivity contribution in [2.75, 3.05) is 6.54 Å². The van der Waals surface area contributed by atoms with E-state index in [1.807, 2.05) is 6.07 Å². The highest BCUT2D eigenvalue weighted by Crippen LogP contribution is 2.37. The first kappa shape index (κ1) is 13.9. The summed E-state index contributed by atoms with van der Waals surface area (Å²) >= 11 is 3.56. The van der Waals surface area contributed by atoms with E-state index < -0.39 is 0 Å². The zero-order valence-corrected chi connectivity index (χ0v) is 13.9. The standard InChI is InChI=1S/C18H17BrN2O/c1-10-2-5-16(22)14(8-10)17-18-12(6-7-20-17)13-9-11(19)3-4-15(13)21-18/h2-5,8-9,17,20-22H,6-7H2,1H3. The summed E-state index contributed by atoms with van der Waals surface area (Å²) in [5.74, 6) is 0.343. The van der Waals surface area contributed by atoms with Gasteiger partial charge in [-0.15, -0.1) is 0 Å². The molecule has 0 saturated heterocycles. The molecule has 0 bridgehead atoms. The second-order valence-electron chi connectivity index (χ2n) is 5.91. The predicted molar refractivity (Wildman–Crippen MR) is 92.4 cm³/mol. The van der Waals surface area contributed by atoms with E-state index in [0.29, 0.717) is 5.75 Å². The Morgan fingerprint density at radius 1 is 1.18 bits per heavy atom. The molecule has 1 aliphatic heterocycles. The molecule has 1 aromatic heterocycles. The van der Waals surface area contributed by atoms with Crippen LogP contribution in [-0.2, 0) is 6.42 Å². The SMILES string of the molecule is Cc1ccc(O)c(C2NCCc3c2[nH]c2ccc(Br)cc32)c1. The van der Waals surface area contributed by atoms with Crippen LogP contribution in [0.2, 0.25) is 0 Å². The van der Waals surface area contributed by atoms with Crippen molar-refractivity contribution in [1.82, 2.24) is 10.3 Å². The van der Waals surface area contributed by atoms with Gasteiger partial charge in [-0.25, -0.2) is 0 Å². The molecule has 22 heavy (non-hydrogen) atoms. The lowest BCUT2D eigenvalue weighted by atomic mass is 9.93. The Kier molecular flexibility index (Phi) is 3.24. The fourth-order valence-electron chi connectivity index (χ4n) is 3.37. The third-order valence-corrected chi connectivity index (χ3v) is 4.90. The Labute approximate surface area is 137 Å². The molecule has 3 aromatic rings. The summed E-state index contributed by atoms with van der Waals surface area (Å²) in [5.41, 5.74) is 5.75. The van der Waals surface area contributed by atoms with Gasteiger partial charge in [-0.2, -0.15) is 0 Å². The van der Waals surface area contributed by atoms with Crippen molar-refractivity contribution in [2.24, 2.45) is 0 Å². The highest BCUT2D eigenvalue weighted by molar-refractivity contribution is 9.10. The van der Waals surface area contributed by atoms with Crippen molar-refractivity contribution < 1.29 is 5.11 Å². The molecule has 4 rings (SSSR count). The first-order chi connectivity index (χ1) is 10.6. The summed E-state index contributed by atoms with van der Waals surface area (Å²) in [5, 5.41) is 15.1. The van der Waals surface area contributed by atoms with Crippen molar-refractivity contribution in [2.45, 2.75) is 19.4 Å². The minimum atomic E-state index is 0.00910. The van der Waals surface area contributed by atoms with Gasteiger partial charge in [-0.05, 0) is 43.2 Å². The van der Waals surface area contributed by atoms with E-state index in [-0.39, 0.29) is 6.04 Å². The summed E-state index contributed by atoms with van der Waals surface area (Å²) in [4.78, 5) is 3.54. The van der Waals surface area contributed by atoms with E-state index >= 15 is 0 Å². The average Bonchev–Trinajstić information content (AvgIpc) is 2.88. The number of hydrogen-bond donors (Lipinski definition) is 3. The summed E-state index contributed by atoms with van der Waals surface area (Å²) in [6.07, 6.45) is 0.995. The van der Waals surface area contributed by atoms with Gasteiger partial charge in [0, 0.05) is 33.2 Å². The van der Waals surface area contributed by atoms with Gasteiger partial charge in [0.1, 0.15) is 5.75 Å². The number of hydrogen-bond acceptors (Lipinski definition) is 2. The monoisotopic (exact) mass is 356 g/mol. The minimum absolute atomic E-state index is 0.00910. The van der Waals surface area contributed by atoms with Crippen LogP contribution in [-0.4, -0.2) is 16.6 Å². The first-order valence-corrected chi connectivity index (χ1v) is 8.25. The first-order valence-electron chi connectivity index (χ1n) is 7.46. The molecule has 0 radical (unpaired) electrons. The topological polar surface area (TPSA) is 48.0 Å². The van der Waals surface area contributed by atoms with Gasteiger partial charge >= 0.3 is 0 Å². The van der Waals surface area contributed by atoms with Gasteiger partial charge in [-0.1, -0.05) is 33.6 Å². The number of nitrogens with one attached hydrogen (secondary N) is 2. The lowest BCUT2D eigenvalue weighted by Crippen LogP contribution is -2.30. The zero-order valence-electron chi connectivity index (χ0n) is 12.3. The fourth-order valence-corrected chi connectivity index (χ4v) is 3.73. The van der Waals surface area contributed by atoms with Crippen LogP contribution >= 0.6 is 15.9 Å². The van der Waals surface area contributed by atoms with Crippen LogP contribution in [0, 0.1) is 6.92 Å². The molecular formula is C18H17BrN2O. The maximum absolute atomic E-state index is 10.3. The highest BCUT2D eigenvalue weighted by atomic mass is 79.9. The van der Waals surface area contributed by atoms with Crippen LogP contribution < -0.4 is 5.32 Å². The predicted octanol–water partition coefficient (Wildman–Crippen LogP) is 4.18. The third kappa shape index (κ3) is 2.14. The van der Waals surface area contributed by atoms with Gasteiger partial charge < -0.3 is 15.4 Å². The van der Waals surface area contributed by atoms with E-state index in [9.17, 15) is 5.11 Å². The van der Waals surface area contributed by atoms with E-state index in [0.717, 1.165) is 34.1 Å². The normalized spacial score (nSPS) is 17.6. The Bertz CT molecular complexity index is 869. The number of rotatable bonds is 1. The number of aromatic hydroxyl groups is 1. The van der Waals surface area contributed by atoms with Gasteiger partial charge in [-0.3, -0.25) is 0 Å². The molecule has 4 heteroatoms. The Morgan fingerprint density at radius 2 is 2.05 bits per heavy atom. The number of H-pyrrole nitrogens is 1. The van der Waals surface area contributed by atoms with Crippen LogP contribution in [0.25, 0.3) is 10.9 Å². The highest BCUT2D eigenvalue weighted by Gasteiger charge is 2.27. The quantitative estimate of drug-likeness (QED) is 0.612. The number of aryl methyl sites for hydroxylation is 1. The second-order valence-corrected chi connectivity index (χ2v) is 6.82. The number of benzene rings is 2. The summed E-state index contributed by atoms with van der Waals surface area (Å²) in [7, 11) is 0. The maximum atomic E-state index is 10.3. The molecule has 1 unspecified atom stereocenters. The molecule has 2 aromatic carbocycles. The molecule has 3 nitrogen and oxygen atoms in total. The van der Waals surface area contributed by atoms with Gasteiger partial charge in [0.05, 0.1) is 6.04 Å². The van der Waals surface area contributed by atoms with E-state index in [1.54, 1.807) is 6.07 Å². The van der Waals surface area contributed by atoms with Crippen molar-refractivity contribution in [3.05, 3.63) is 63.3 Å². The number of aromatic amines is 1. The molecule has 0 spiro atoms. The Balaban J connectivity index is 1.92. The van der Waals surface area contributed by atoms with Crippen LogP contribution in [0.5, 0.6) is 5.75 Å². The van der Waals surface area contributed by atoms with Crippen LogP contribution in [0.15, 0.2) is 40.9 Å². The van der Waals surface area contributed by atoms with Crippen molar-refractivity contribution in [1.29, 1.82) is 0 Å². The molecule has 0 saturated carbocycles. The van der Waals surface area contributed by atoms with E-state index in [4.69, 9.17) is 0 Å². The molecule has 1 atom stereocenters. The lowest BCUT2D eigenvalue weighted by Gasteiger charge is -2.25. The average molecular weight is 357 g/mol.